The molecule has 3 aliphatic rings. The molecule has 2 N–H and O–H groups in total. The lowest BCUT2D eigenvalue weighted by Gasteiger charge is -2.31. The fraction of sp³-hybridized carbons (Fsp3) is 0.388. The average Bonchev–Trinajstić information content (AvgIpc) is 3.86. The van der Waals surface area contributed by atoms with E-state index in [0.717, 1.165) is 35.3 Å². The molecule has 2 heterocycles. The smallest absolute Gasteiger partial charge is 0.261 e. The molecule has 13 nitrogen and oxygen atoms in total. The van der Waals surface area contributed by atoms with Crippen molar-refractivity contribution in [3.8, 4) is 17.2 Å². The number of amides is 4. The number of ether oxygens (including phenoxy) is 5. The third-order valence-electron chi connectivity index (χ3n) is 11.7. The van der Waals surface area contributed by atoms with Gasteiger partial charge in [0, 0.05) is 44.5 Å². The summed E-state index contributed by atoms with van der Waals surface area (Å²) in [4.78, 5) is 57.1. The van der Waals surface area contributed by atoms with Gasteiger partial charge in [-0.2, -0.15) is 0 Å². The minimum absolute atomic E-state index is 0.136. The summed E-state index contributed by atoms with van der Waals surface area (Å²) < 4.78 is 29.5. The van der Waals surface area contributed by atoms with E-state index in [2.05, 4.69) is 5.32 Å². The Morgan fingerprint density at radius 3 is 2.10 bits per heavy atom. The number of hydrogen-bond acceptors (Lipinski definition) is 10. The molecular formula is C49H55N3O10. The van der Waals surface area contributed by atoms with Gasteiger partial charge in [-0.3, -0.25) is 24.1 Å². The predicted molar refractivity (Wildman–Crippen MR) is 231 cm³/mol. The molecule has 3 unspecified atom stereocenters. The summed E-state index contributed by atoms with van der Waals surface area (Å²) in [6.07, 6.45) is 7.11. The van der Waals surface area contributed by atoms with Crippen molar-refractivity contribution in [2.75, 3.05) is 33.9 Å². The molecule has 0 radical (unpaired) electrons. The highest BCUT2D eigenvalue weighted by molar-refractivity contribution is 6.21. The number of carbonyl (C=O) groups excluding carboxylic acids is 4. The SMILES string of the molecule is COc1cc(C(=O)NC(Cc2ccccc2)C(O)CN(CCC2=COC(CC3CCCCC3)O2)C(=O)CCN2C(=O)c3ccccc3C2=O)cc(OC)c1OCc1ccccc1. The molecule has 0 bridgehead atoms. The highest BCUT2D eigenvalue weighted by Gasteiger charge is 2.36. The van der Waals surface area contributed by atoms with Gasteiger partial charge < -0.3 is 39.0 Å². The van der Waals surface area contributed by atoms with E-state index in [1.54, 1.807) is 42.7 Å². The predicted octanol–water partition coefficient (Wildman–Crippen LogP) is 7.07. The first-order valence-corrected chi connectivity index (χ1v) is 21.4. The maximum Gasteiger partial charge on any atom is 0.261 e. The standard InChI is InChI=1S/C49H55N3O10/c1-58-42-28-36(29-43(59-2)46(42)61-31-35-18-10-5-11-19-35)47(55)50-40(26-33-14-6-3-7-15-33)41(53)30-51(24-22-37-32-60-45(62-37)27-34-16-8-4-9-17-34)44(54)23-25-52-48(56)38-20-12-13-21-39(38)49(52)57/h3,5-7,10-15,18-21,28-29,32,34,40-41,45,53H,4,8-9,16-17,22-27,30-31H2,1-2H3,(H,50,55). The second kappa shape index (κ2) is 21.0. The van der Waals surface area contributed by atoms with Gasteiger partial charge in [0.05, 0.1) is 37.5 Å². The number of carbonyl (C=O) groups is 4. The van der Waals surface area contributed by atoms with E-state index in [1.807, 2.05) is 60.7 Å². The van der Waals surface area contributed by atoms with Gasteiger partial charge in [-0.15, -0.1) is 0 Å². The number of benzene rings is 4. The molecule has 7 rings (SSSR count). The number of methoxy groups -OCH3 is 2. The fourth-order valence-electron chi connectivity index (χ4n) is 8.30. The molecule has 62 heavy (non-hydrogen) atoms. The largest absolute Gasteiger partial charge is 0.493 e. The Kier molecular flexibility index (Phi) is 14.8. The minimum Gasteiger partial charge on any atom is -0.493 e. The number of fused-ring (bicyclic) bond motifs is 1. The van der Waals surface area contributed by atoms with E-state index >= 15 is 0 Å². The fourth-order valence-corrected chi connectivity index (χ4v) is 8.30. The topological polar surface area (TPSA) is 153 Å². The van der Waals surface area contributed by atoms with Gasteiger partial charge in [0.25, 0.3) is 17.7 Å². The van der Waals surface area contributed by atoms with Crippen LogP contribution >= 0.6 is 0 Å². The summed E-state index contributed by atoms with van der Waals surface area (Å²) in [5.74, 6) is 0.236. The lowest BCUT2D eigenvalue weighted by Crippen LogP contribution is -2.51. The quantitative estimate of drug-likeness (QED) is 0.0884. The molecule has 1 saturated carbocycles. The summed E-state index contributed by atoms with van der Waals surface area (Å²) in [6.45, 7) is 0.0867. The Balaban J connectivity index is 1.07. The molecule has 1 aliphatic carbocycles. The van der Waals surface area contributed by atoms with Crippen LogP contribution in [0.3, 0.4) is 0 Å². The maximum absolute atomic E-state index is 14.1. The van der Waals surface area contributed by atoms with Crippen LogP contribution in [0.1, 0.15) is 93.6 Å². The zero-order valence-corrected chi connectivity index (χ0v) is 35.3. The van der Waals surface area contributed by atoms with Crippen molar-refractivity contribution >= 4 is 23.6 Å². The molecule has 1 fully saturated rings. The van der Waals surface area contributed by atoms with E-state index in [4.69, 9.17) is 23.7 Å². The number of imide groups is 1. The Hall–Kier alpha value is -6.34. The van der Waals surface area contributed by atoms with E-state index in [-0.39, 0.29) is 68.3 Å². The number of hydrogen-bond donors (Lipinski definition) is 2. The van der Waals surface area contributed by atoms with Gasteiger partial charge in [-0.1, -0.05) is 105 Å². The monoisotopic (exact) mass is 845 g/mol. The molecule has 13 heteroatoms. The second-order valence-electron chi connectivity index (χ2n) is 16.0. The maximum atomic E-state index is 14.1. The van der Waals surface area contributed by atoms with Gasteiger partial charge in [0.1, 0.15) is 18.6 Å². The number of nitrogens with one attached hydrogen (secondary N) is 1. The highest BCUT2D eigenvalue weighted by atomic mass is 16.7. The lowest BCUT2D eigenvalue weighted by molar-refractivity contribution is -0.133. The van der Waals surface area contributed by atoms with Crippen LogP contribution in [0.5, 0.6) is 17.2 Å². The third-order valence-corrected chi connectivity index (χ3v) is 11.7. The molecule has 2 aliphatic heterocycles. The number of aliphatic hydroxyl groups is 1. The van der Waals surface area contributed by atoms with Crippen molar-refractivity contribution in [2.45, 2.75) is 82.8 Å². The third kappa shape index (κ3) is 10.9. The van der Waals surface area contributed by atoms with Crippen LogP contribution in [0.2, 0.25) is 0 Å². The van der Waals surface area contributed by atoms with Crippen molar-refractivity contribution in [1.29, 1.82) is 0 Å². The van der Waals surface area contributed by atoms with Crippen LogP contribution in [0.15, 0.2) is 109 Å². The van der Waals surface area contributed by atoms with Crippen LogP contribution < -0.4 is 19.5 Å². The molecule has 3 atom stereocenters. The zero-order valence-electron chi connectivity index (χ0n) is 35.3. The first kappa shape index (κ1) is 43.7. The highest BCUT2D eigenvalue weighted by Crippen LogP contribution is 2.39. The van der Waals surface area contributed by atoms with Crippen LogP contribution in [0.25, 0.3) is 0 Å². The van der Waals surface area contributed by atoms with Crippen LogP contribution in [0.4, 0.5) is 0 Å². The molecule has 4 aromatic carbocycles. The first-order valence-electron chi connectivity index (χ1n) is 21.4. The van der Waals surface area contributed by atoms with E-state index in [9.17, 15) is 24.3 Å². The molecule has 326 valence electrons. The minimum atomic E-state index is -1.26. The number of nitrogens with zero attached hydrogens (tertiary/aromatic N) is 2. The summed E-state index contributed by atoms with van der Waals surface area (Å²) >= 11 is 0. The second-order valence-corrected chi connectivity index (χ2v) is 16.0. The molecule has 0 saturated heterocycles. The van der Waals surface area contributed by atoms with Crippen molar-refractivity contribution in [3.63, 3.8) is 0 Å². The Bertz CT molecular complexity index is 2150. The van der Waals surface area contributed by atoms with Crippen LogP contribution in [-0.4, -0.2) is 90.8 Å². The van der Waals surface area contributed by atoms with Gasteiger partial charge in [0.2, 0.25) is 17.9 Å². The van der Waals surface area contributed by atoms with Gasteiger partial charge >= 0.3 is 0 Å². The average molecular weight is 846 g/mol. The summed E-state index contributed by atoms with van der Waals surface area (Å²) in [5, 5.41) is 15.1. The lowest BCUT2D eigenvalue weighted by atomic mass is 9.87. The van der Waals surface area contributed by atoms with E-state index < -0.39 is 29.9 Å². The normalized spacial score (nSPS) is 17.0. The van der Waals surface area contributed by atoms with Gasteiger partial charge in [-0.25, -0.2) is 0 Å². The summed E-state index contributed by atoms with van der Waals surface area (Å²) in [7, 11) is 2.95. The molecule has 4 amide bonds. The molecule has 0 aromatic heterocycles. The Morgan fingerprint density at radius 2 is 1.47 bits per heavy atom. The van der Waals surface area contributed by atoms with Crippen molar-refractivity contribution in [2.24, 2.45) is 5.92 Å². The Labute approximate surface area is 362 Å². The Morgan fingerprint density at radius 1 is 0.855 bits per heavy atom. The molecule has 0 spiro atoms. The van der Waals surface area contributed by atoms with Crippen LogP contribution in [0, 0.1) is 5.92 Å². The van der Waals surface area contributed by atoms with Gasteiger partial charge in [-0.05, 0) is 47.7 Å². The van der Waals surface area contributed by atoms with Gasteiger partial charge in [0.15, 0.2) is 11.5 Å². The number of rotatable bonds is 20. The number of aliphatic hydroxyl groups excluding tert-OH is 1. The van der Waals surface area contributed by atoms with Crippen LogP contribution in [-0.2, 0) is 27.3 Å². The van der Waals surface area contributed by atoms with Crippen molar-refractivity contribution < 1.29 is 48.0 Å². The van der Waals surface area contributed by atoms with Crippen molar-refractivity contribution in [1.82, 2.24) is 15.1 Å². The van der Waals surface area contributed by atoms with Crippen molar-refractivity contribution in [3.05, 3.63) is 137 Å². The first-order chi connectivity index (χ1) is 30.2. The summed E-state index contributed by atoms with van der Waals surface area (Å²) in [6, 6.07) is 27.9. The molecule has 4 aromatic rings. The zero-order chi connectivity index (χ0) is 43.4. The summed E-state index contributed by atoms with van der Waals surface area (Å²) in [5.41, 5.74) is 2.60. The molecular weight excluding hydrogens is 791 g/mol. The van der Waals surface area contributed by atoms with E-state index in [1.165, 1.54) is 38.4 Å². The van der Waals surface area contributed by atoms with E-state index in [0.29, 0.717) is 35.0 Å².